The smallest absolute Gasteiger partial charge is 0.282 e. The van der Waals surface area contributed by atoms with Gasteiger partial charge in [0.2, 0.25) is 0 Å². The molecule has 0 saturated carbocycles. The van der Waals surface area contributed by atoms with E-state index in [2.05, 4.69) is 4.40 Å². The van der Waals surface area contributed by atoms with Crippen molar-refractivity contribution >= 4 is 15.7 Å². The minimum absolute atomic E-state index is 0.0639. The van der Waals surface area contributed by atoms with Gasteiger partial charge in [-0.05, 0) is 41.5 Å². The van der Waals surface area contributed by atoms with Gasteiger partial charge in [-0.2, -0.15) is 12.8 Å². The quantitative estimate of drug-likeness (QED) is 0.835. The van der Waals surface area contributed by atoms with Crippen LogP contribution in [-0.2, 0) is 16.6 Å². The Morgan fingerprint density at radius 1 is 0.963 bits per heavy atom. The highest BCUT2D eigenvalue weighted by atomic mass is 32.2. The Bertz CT molecular complexity index is 1010. The molecule has 1 aliphatic heterocycles. The lowest BCUT2D eigenvalue weighted by molar-refractivity contribution is 0.0105. The maximum absolute atomic E-state index is 12.6. The highest BCUT2D eigenvalue weighted by Crippen LogP contribution is 2.18. The van der Waals surface area contributed by atoms with Crippen molar-refractivity contribution in [1.82, 2.24) is 5.06 Å². The third-order valence-electron chi connectivity index (χ3n) is 3.85. The lowest BCUT2D eigenvalue weighted by Crippen LogP contribution is -2.06. The summed E-state index contributed by atoms with van der Waals surface area (Å²) in [6, 6.07) is 5.96. The van der Waals surface area contributed by atoms with E-state index in [-0.39, 0.29) is 11.5 Å². The molecule has 6 nitrogen and oxygen atoms in total. The van der Waals surface area contributed by atoms with E-state index in [0.717, 1.165) is 10.6 Å². The van der Waals surface area contributed by atoms with Crippen molar-refractivity contribution in [2.45, 2.75) is 11.5 Å². The van der Waals surface area contributed by atoms with Crippen LogP contribution in [0.1, 0.15) is 5.56 Å². The molecule has 0 aromatic heterocycles. The molecule has 0 bridgehead atoms. The van der Waals surface area contributed by atoms with E-state index in [1.165, 1.54) is 24.5 Å². The van der Waals surface area contributed by atoms with E-state index in [1.807, 2.05) is 0 Å². The predicted octanol–water partition coefficient (Wildman–Crippen LogP) is 3.02. The van der Waals surface area contributed by atoms with Crippen LogP contribution in [0.25, 0.3) is 0 Å². The minimum Gasteiger partial charge on any atom is -0.392 e. The number of allylic oxidation sites excluding steroid dienone is 10. The Balaban J connectivity index is 1.90. The molecule has 3 rings (SSSR count). The van der Waals surface area contributed by atoms with Crippen molar-refractivity contribution < 1.29 is 18.7 Å². The first-order chi connectivity index (χ1) is 13.0. The van der Waals surface area contributed by atoms with E-state index in [1.54, 1.807) is 60.7 Å². The van der Waals surface area contributed by atoms with E-state index in [4.69, 9.17) is 5.11 Å². The third kappa shape index (κ3) is 4.79. The molecule has 2 aliphatic rings. The lowest BCUT2D eigenvalue weighted by atomic mass is 10.0. The Morgan fingerprint density at radius 2 is 1.63 bits per heavy atom. The van der Waals surface area contributed by atoms with Gasteiger partial charge in [0.05, 0.1) is 17.2 Å². The van der Waals surface area contributed by atoms with Gasteiger partial charge in [0.25, 0.3) is 10.0 Å². The fourth-order valence-electron chi connectivity index (χ4n) is 2.39. The average Bonchev–Trinajstić information content (AvgIpc) is 2.68. The van der Waals surface area contributed by atoms with Crippen molar-refractivity contribution in [1.29, 1.82) is 0 Å². The number of nitrogens with zero attached hydrogens (tertiary/aromatic N) is 2. The molecule has 1 heterocycles. The van der Waals surface area contributed by atoms with Crippen LogP contribution in [0.15, 0.2) is 106 Å². The fourth-order valence-corrected chi connectivity index (χ4v) is 3.40. The molecule has 0 atom stereocenters. The number of aliphatic hydroxyl groups is 1. The Morgan fingerprint density at radius 3 is 2.30 bits per heavy atom. The van der Waals surface area contributed by atoms with Crippen LogP contribution in [0.3, 0.4) is 0 Å². The van der Waals surface area contributed by atoms with Crippen molar-refractivity contribution in [3.05, 3.63) is 102 Å². The van der Waals surface area contributed by atoms with Gasteiger partial charge < -0.3 is 5.11 Å². The molecule has 27 heavy (non-hydrogen) atoms. The number of hydroxylamine groups is 2. The second-order valence-corrected chi connectivity index (χ2v) is 7.38. The summed E-state index contributed by atoms with van der Waals surface area (Å²) in [5.41, 5.74) is 2.45. The average molecular weight is 382 g/mol. The number of benzene rings is 1. The predicted molar refractivity (Wildman–Crippen MR) is 103 cm³/mol. The Labute approximate surface area is 157 Å². The molecule has 0 spiro atoms. The summed E-state index contributed by atoms with van der Waals surface area (Å²) in [5.74, 6) is 0. The number of hydrogen-bond acceptors (Lipinski definition) is 5. The van der Waals surface area contributed by atoms with Gasteiger partial charge in [-0.1, -0.05) is 42.5 Å². The molecule has 0 radical (unpaired) electrons. The summed E-state index contributed by atoms with van der Waals surface area (Å²) in [4.78, 5) is 0.0639. The summed E-state index contributed by atoms with van der Waals surface area (Å²) in [5, 5.41) is 19.3. The third-order valence-corrected chi connectivity index (χ3v) is 5.16. The fraction of sp³-hybridized carbons (Fsp3) is 0.0500. The molecule has 1 aromatic rings. The topological polar surface area (TPSA) is 90.2 Å². The Hall–Kier alpha value is -3.00. The van der Waals surface area contributed by atoms with Gasteiger partial charge in [0.15, 0.2) is 0 Å². The van der Waals surface area contributed by atoms with Gasteiger partial charge >= 0.3 is 0 Å². The summed E-state index contributed by atoms with van der Waals surface area (Å²) >= 11 is 0. The number of rotatable bonds is 4. The molecular formula is C20H18N2O4S. The molecule has 138 valence electrons. The van der Waals surface area contributed by atoms with Crippen LogP contribution in [0.2, 0.25) is 0 Å². The summed E-state index contributed by atoms with van der Waals surface area (Å²) < 4.78 is 29.1. The van der Waals surface area contributed by atoms with Crippen molar-refractivity contribution in [3.63, 3.8) is 0 Å². The van der Waals surface area contributed by atoms with Crippen molar-refractivity contribution in [2.24, 2.45) is 4.40 Å². The second kappa shape index (κ2) is 8.13. The molecule has 0 fully saturated rings. The number of sulfonamides is 1. The summed E-state index contributed by atoms with van der Waals surface area (Å²) in [6.45, 7) is -0.152. The maximum atomic E-state index is 12.6. The standard InChI is InChI=1S/C20H18N2O4S/c23-15-17-6-9-19(10-7-17)27(25,26)21-20-4-2-1-3-18(20)8-5-16-11-13-22(24)14-12-16/h1-14,23-24H,15H2. The second-order valence-electron chi connectivity index (χ2n) is 5.77. The highest BCUT2D eigenvalue weighted by molar-refractivity contribution is 7.90. The number of aliphatic hydroxyl groups excluding tert-OH is 1. The zero-order chi connectivity index (χ0) is 19.3. The normalized spacial score (nSPS) is 19.3. The zero-order valence-electron chi connectivity index (χ0n) is 14.3. The van der Waals surface area contributed by atoms with E-state index >= 15 is 0 Å². The first-order valence-electron chi connectivity index (χ1n) is 8.13. The van der Waals surface area contributed by atoms with E-state index in [0.29, 0.717) is 16.8 Å². The van der Waals surface area contributed by atoms with Crippen LogP contribution in [0.4, 0.5) is 0 Å². The first-order valence-corrected chi connectivity index (χ1v) is 9.57. The number of hydrogen-bond donors (Lipinski definition) is 2. The minimum atomic E-state index is -3.88. The van der Waals surface area contributed by atoms with Crippen LogP contribution >= 0.6 is 0 Å². The molecule has 0 saturated heterocycles. The first kappa shape index (κ1) is 18.8. The van der Waals surface area contributed by atoms with Crippen LogP contribution in [0, 0.1) is 0 Å². The van der Waals surface area contributed by atoms with Gasteiger partial charge in [-0.25, -0.2) is 5.06 Å². The molecule has 2 N–H and O–H groups in total. The molecule has 0 unspecified atom stereocenters. The molecule has 7 heteroatoms. The van der Waals surface area contributed by atoms with Gasteiger partial charge in [0, 0.05) is 18.0 Å². The van der Waals surface area contributed by atoms with Gasteiger partial charge in [-0.3, -0.25) is 5.21 Å². The van der Waals surface area contributed by atoms with Gasteiger partial charge in [0.1, 0.15) is 0 Å². The zero-order valence-corrected chi connectivity index (χ0v) is 15.1. The summed E-state index contributed by atoms with van der Waals surface area (Å²) in [6.07, 6.45) is 16.9. The highest BCUT2D eigenvalue weighted by Gasteiger charge is 2.15. The van der Waals surface area contributed by atoms with Crippen molar-refractivity contribution in [3.8, 4) is 0 Å². The van der Waals surface area contributed by atoms with Gasteiger partial charge in [-0.15, -0.1) is 0 Å². The monoisotopic (exact) mass is 382 g/mol. The molecular weight excluding hydrogens is 364 g/mol. The SMILES string of the molecule is O=S(=O)(N=C1C=CC=CC1=CC=C1C=CN(O)C=C1)c1ccc(CO)cc1. The van der Waals surface area contributed by atoms with E-state index < -0.39 is 10.0 Å². The maximum Gasteiger partial charge on any atom is 0.282 e. The summed E-state index contributed by atoms with van der Waals surface area (Å²) in [7, 11) is -3.88. The van der Waals surface area contributed by atoms with Crippen molar-refractivity contribution in [2.75, 3.05) is 0 Å². The molecule has 1 aliphatic carbocycles. The largest absolute Gasteiger partial charge is 0.392 e. The Kier molecular flexibility index (Phi) is 5.66. The van der Waals surface area contributed by atoms with Crippen LogP contribution < -0.4 is 0 Å². The van der Waals surface area contributed by atoms with Crippen LogP contribution in [-0.4, -0.2) is 29.5 Å². The van der Waals surface area contributed by atoms with E-state index in [9.17, 15) is 13.6 Å². The lowest BCUT2D eigenvalue weighted by Gasteiger charge is -2.10. The molecule has 0 amide bonds. The molecule has 1 aromatic carbocycles. The van der Waals surface area contributed by atoms with Crippen LogP contribution in [0.5, 0.6) is 0 Å².